The first-order chi connectivity index (χ1) is 21.3. The number of sulfone groups is 1. The van der Waals surface area contributed by atoms with Crippen molar-refractivity contribution in [1.29, 1.82) is 0 Å². The Morgan fingerprint density at radius 3 is 2.22 bits per heavy atom. The lowest BCUT2D eigenvalue weighted by atomic mass is 9.76. The number of H-pyrrole nitrogens is 1. The minimum absolute atomic E-state index is 0.00817. The maximum atomic E-state index is 14.0. The first-order valence-corrected chi connectivity index (χ1v) is 18.2. The van der Waals surface area contributed by atoms with Crippen molar-refractivity contribution in [2.75, 3.05) is 5.75 Å². The molecule has 2 amide bonds. The van der Waals surface area contributed by atoms with Gasteiger partial charge in [-0.25, -0.2) is 13.4 Å². The van der Waals surface area contributed by atoms with E-state index in [9.17, 15) is 28.2 Å². The van der Waals surface area contributed by atoms with Gasteiger partial charge in [0.1, 0.15) is 12.1 Å². The molecule has 2 aliphatic carbocycles. The molecule has 2 saturated carbocycles. The van der Waals surface area contributed by atoms with Crippen molar-refractivity contribution in [2.45, 2.75) is 120 Å². The molecular weight excluding hydrogens is 592 g/mol. The highest BCUT2D eigenvalue weighted by Gasteiger charge is 2.39. The Kier molecular flexibility index (Phi) is 12.2. The van der Waals surface area contributed by atoms with Gasteiger partial charge in [0.25, 0.3) is 0 Å². The molecule has 10 nitrogen and oxygen atoms in total. The second-order valence-electron chi connectivity index (χ2n) is 14.1. The van der Waals surface area contributed by atoms with Crippen LogP contribution < -0.4 is 10.6 Å². The lowest BCUT2D eigenvalue weighted by Crippen LogP contribution is -2.57. The lowest BCUT2D eigenvalue weighted by Gasteiger charge is -2.38. The van der Waals surface area contributed by atoms with E-state index in [1.165, 1.54) is 12.7 Å². The number of carbonyl (C=O) groups is 2. The fourth-order valence-electron chi connectivity index (χ4n) is 6.40. The molecule has 2 aliphatic rings. The van der Waals surface area contributed by atoms with Gasteiger partial charge in [-0.15, -0.1) is 0 Å². The number of aliphatic hydroxyl groups is 2. The number of hydrogen-bond donors (Lipinski definition) is 5. The van der Waals surface area contributed by atoms with Crippen molar-refractivity contribution in [3.63, 3.8) is 0 Å². The molecule has 4 rings (SSSR count). The van der Waals surface area contributed by atoms with Gasteiger partial charge >= 0.3 is 0 Å². The van der Waals surface area contributed by atoms with Gasteiger partial charge in [-0.2, -0.15) is 0 Å². The Morgan fingerprint density at radius 2 is 1.64 bits per heavy atom. The number of aromatic amines is 1. The van der Waals surface area contributed by atoms with Crippen LogP contribution in [-0.4, -0.2) is 75.2 Å². The van der Waals surface area contributed by atoms with Gasteiger partial charge in [0.15, 0.2) is 9.84 Å². The third kappa shape index (κ3) is 9.86. The van der Waals surface area contributed by atoms with Crippen molar-refractivity contribution in [1.82, 2.24) is 20.6 Å². The summed E-state index contributed by atoms with van der Waals surface area (Å²) in [6, 6.07) is 7.48. The minimum atomic E-state index is -3.67. The van der Waals surface area contributed by atoms with E-state index in [-0.39, 0.29) is 24.5 Å². The number of benzene rings is 1. The van der Waals surface area contributed by atoms with Crippen LogP contribution >= 0.6 is 0 Å². The molecule has 0 aliphatic heterocycles. The summed E-state index contributed by atoms with van der Waals surface area (Å²) < 4.78 is 25.5. The number of aromatic nitrogens is 2. The van der Waals surface area contributed by atoms with Crippen LogP contribution in [0.3, 0.4) is 0 Å². The number of hydrogen-bond acceptors (Lipinski definition) is 7. The van der Waals surface area contributed by atoms with Crippen LogP contribution in [0.15, 0.2) is 42.9 Å². The molecule has 2 fully saturated rings. The van der Waals surface area contributed by atoms with E-state index in [1.54, 1.807) is 27.0 Å². The van der Waals surface area contributed by atoms with Crippen LogP contribution in [0.5, 0.6) is 0 Å². The summed E-state index contributed by atoms with van der Waals surface area (Å²) in [6.45, 7) is 4.84. The molecule has 5 N–H and O–H groups in total. The van der Waals surface area contributed by atoms with Gasteiger partial charge in [-0.1, -0.05) is 68.9 Å². The van der Waals surface area contributed by atoms with Crippen LogP contribution in [0, 0.1) is 17.8 Å². The van der Waals surface area contributed by atoms with Gasteiger partial charge in [0, 0.05) is 12.6 Å². The molecular formula is C34H52N4O6S. The second-order valence-corrected chi connectivity index (χ2v) is 16.9. The molecule has 0 saturated heterocycles. The zero-order valence-electron chi connectivity index (χ0n) is 27.0. The highest BCUT2D eigenvalue weighted by atomic mass is 32.2. The first-order valence-electron chi connectivity index (χ1n) is 16.5. The van der Waals surface area contributed by atoms with Gasteiger partial charge < -0.3 is 25.8 Å². The molecule has 5 atom stereocenters. The predicted octanol–water partition coefficient (Wildman–Crippen LogP) is 3.49. The van der Waals surface area contributed by atoms with Crippen molar-refractivity contribution >= 4 is 21.7 Å². The van der Waals surface area contributed by atoms with E-state index < -0.39 is 56.6 Å². The van der Waals surface area contributed by atoms with Crippen LogP contribution in [0.25, 0.3) is 0 Å². The van der Waals surface area contributed by atoms with Crippen LogP contribution in [0.2, 0.25) is 0 Å². The summed E-state index contributed by atoms with van der Waals surface area (Å²) in [5.41, 5.74) is 1.37. The summed E-state index contributed by atoms with van der Waals surface area (Å²) in [7, 11) is -3.67. The largest absolute Gasteiger partial charge is 0.390 e. The van der Waals surface area contributed by atoms with E-state index in [4.69, 9.17) is 0 Å². The molecule has 11 heteroatoms. The monoisotopic (exact) mass is 644 g/mol. The van der Waals surface area contributed by atoms with Crippen LogP contribution in [0.4, 0.5) is 0 Å². The number of amides is 2. The molecule has 1 heterocycles. The SMILES string of the molecule is CC(C)(C)S(=O)(=O)C[C@@H](Cc1ccccc1)C(=O)N[C@@H](Cc1c[nH]cn1)C(=O)N[C@@H](CC1CCCCC1)[C@@H](O)[C@@H](O)C1CCC1. The maximum Gasteiger partial charge on any atom is 0.243 e. The summed E-state index contributed by atoms with van der Waals surface area (Å²) in [5, 5.41) is 28.2. The van der Waals surface area contributed by atoms with Crippen molar-refractivity contribution in [3.8, 4) is 0 Å². The summed E-state index contributed by atoms with van der Waals surface area (Å²) in [6.07, 6.45) is 9.97. The molecule has 0 spiro atoms. The smallest absolute Gasteiger partial charge is 0.243 e. The van der Waals surface area contributed by atoms with E-state index in [1.807, 2.05) is 30.3 Å². The van der Waals surface area contributed by atoms with E-state index in [0.29, 0.717) is 18.0 Å². The molecule has 0 radical (unpaired) electrons. The number of carbonyl (C=O) groups excluding carboxylic acids is 2. The Bertz CT molecular complexity index is 1320. The zero-order chi connectivity index (χ0) is 32.6. The number of rotatable bonds is 15. The van der Waals surface area contributed by atoms with Crippen molar-refractivity contribution < 1.29 is 28.2 Å². The second kappa shape index (κ2) is 15.7. The molecule has 0 bridgehead atoms. The number of nitrogens with one attached hydrogen (secondary N) is 3. The third-order valence-corrected chi connectivity index (χ3v) is 12.4. The summed E-state index contributed by atoms with van der Waals surface area (Å²) in [5.74, 6) is -2.01. The molecule has 250 valence electrons. The number of aliphatic hydroxyl groups excluding tert-OH is 2. The summed E-state index contributed by atoms with van der Waals surface area (Å²) >= 11 is 0. The van der Waals surface area contributed by atoms with Gasteiger partial charge in [-0.05, 0) is 63.9 Å². The Balaban J connectivity index is 1.56. The van der Waals surface area contributed by atoms with Crippen molar-refractivity contribution in [3.05, 3.63) is 54.1 Å². The number of imidazole rings is 1. The maximum absolute atomic E-state index is 14.0. The average molecular weight is 645 g/mol. The van der Waals surface area contributed by atoms with Crippen molar-refractivity contribution in [2.24, 2.45) is 17.8 Å². The van der Waals surface area contributed by atoms with Gasteiger partial charge in [-0.3, -0.25) is 9.59 Å². The van der Waals surface area contributed by atoms with Gasteiger partial charge in [0.2, 0.25) is 11.8 Å². The fraction of sp³-hybridized carbons (Fsp3) is 0.676. The van der Waals surface area contributed by atoms with E-state index in [2.05, 4.69) is 20.6 Å². The number of nitrogens with zero attached hydrogens (tertiary/aromatic N) is 1. The first kappa shape index (κ1) is 35.1. The predicted molar refractivity (Wildman–Crippen MR) is 174 cm³/mol. The Hall–Kier alpha value is -2.76. The fourth-order valence-corrected chi connectivity index (χ4v) is 7.70. The van der Waals surface area contributed by atoms with E-state index in [0.717, 1.165) is 50.5 Å². The molecule has 45 heavy (non-hydrogen) atoms. The van der Waals surface area contributed by atoms with Crippen LogP contribution in [-0.2, 0) is 32.3 Å². The third-order valence-electron chi connectivity index (χ3n) is 9.69. The standard InChI is InChI=1S/C34H52N4O6S/c1-34(2,3)45(43,44)21-26(17-23-11-6-4-7-12-23)32(41)38-29(19-27-20-35-22-36-27)33(42)37-28(18-24-13-8-5-9-14-24)31(40)30(39)25-15-10-16-25/h4,6-7,11-12,20,22,24-26,28-31,39-40H,5,8-10,13-19,21H2,1-3H3,(H,35,36)(H,37,42)(H,38,41)/t26-,28+,29+,30+,31-/m1/s1. The summed E-state index contributed by atoms with van der Waals surface area (Å²) in [4.78, 5) is 35.0. The highest BCUT2D eigenvalue weighted by Crippen LogP contribution is 2.34. The Morgan fingerprint density at radius 1 is 0.956 bits per heavy atom. The Labute approximate surface area is 268 Å². The zero-order valence-corrected chi connectivity index (χ0v) is 27.8. The minimum Gasteiger partial charge on any atom is -0.390 e. The van der Waals surface area contributed by atoms with E-state index >= 15 is 0 Å². The van der Waals surface area contributed by atoms with Crippen LogP contribution in [0.1, 0.15) is 89.8 Å². The highest BCUT2D eigenvalue weighted by molar-refractivity contribution is 7.92. The normalized spacial score (nSPS) is 19.9. The quantitative estimate of drug-likeness (QED) is 0.198. The molecule has 1 aromatic heterocycles. The molecule has 2 aromatic rings. The topological polar surface area (TPSA) is 161 Å². The van der Waals surface area contributed by atoms with Gasteiger partial charge in [0.05, 0.1) is 40.6 Å². The molecule has 1 aromatic carbocycles. The average Bonchev–Trinajstić information content (AvgIpc) is 3.48. The molecule has 0 unspecified atom stereocenters. The lowest BCUT2D eigenvalue weighted by molar-refractivity contribution is -0.132.